The molecular weight excluding hydrogens is 276 g/mol. The first-order valence-electron chi connectivity index (χ1n) is 5.26. The molecule has 0 amide bonds. The lowest BCUT2D eigenvalue weighted by Crippen LogP contribution is -2.27. The molecule has 0 fully saturated rings. The number of methoxy groups -OCH3 is 1. The van der Waals surface area contributed by atoms with Crippen LogP contribution in [0, 0.1) is 6.92 Å². The highest BCUT2D eigenvalue weighted by Gasteiger charge is 2.37. The minimum absolute atomic E-state index is 0.242. The van der Waals surface area contributed by atoms with Gasteiger partial charge in [0.25, 0.3) is 0 Å². The number of alkyl halides is 3. The van der Waals surface area contributed by atoms with E-state index in [2.05, 4.69) is 16.3 Å². The third kappa shape index (κ3) is 4.13. The summed E-state index contributed by atoms with van der Waals surface area (Å²) in [5.41, 5.74) is -0.316. The van der Waals surface area contributed by atoms with Crippen LogP contribution in [0.2, 0.25) is 0 Å². The molecule has 0 aromatic heterocycles. The van der Waals surface area contributed by atoms with Crippen molar-refractivity contribution in [2.75, 3.05) is 7.11 Å². The molecule has 0 saturated heterocycles. The van der Waals surface area contributed by atoms with E-state index in [4.69, 9.17) is 11.6 Å². The summed E-state index contributed by atoms with van der Waals surface area (Å²) >= 11 is 4.94. The highest BCUT2D eigenvalue weighted by atomic mass is 35.5. The van der Waals surface area contributed by atoms with E-state index in [1.165, 1.54) is 12.1 Å². The Morgan fingerprint density at radius 3 is 2.32 bits per heavy atom. The van der Waals surface area contributed by atoms with Gasteiger partial charge in [-0.3, -0.25) is 0 Å². The van der Waals surface area contributed by atoms with Gasteiger partial charge >= 0.3 is 11.4 Å². The monoisotopic (exact) mass is 287 g/mol. The lowest BCUT2D eigenvalue weighted by atomic mass is 10.1. The average Bonchev–Trinajstić information content (AvgIpc) is 2.35. The summed E-state index contributed by atoms with van der Waals surface area (Å²) in [6.07, 6.45) is 0. The molecule has 1 aromatic rings. The molecule has 0 atom stereocenters. The maximum atomic E-state index is 13.3. The number of nitrogens with zero attached hydrogens (tertiary/aromatic N) is 1. The van der Waals surface area contributed by atoms with Crippen LogP contribution in [-0.4, -0.2) is 24.2 Å². The highest BCUT2D eigenvalue weighted by molar-refractivity contribution is 6.40. The van der Waals surface area contributed by atoms with Crippen molar-refractivity contribution in [3.63, 3.8) is 0 Å². The van der Waals surface area contributed by atoms with E-state index >= 15 is 0 Å². The van der Waals surface area contributed by atoms with Crippen molar-refractivity contribution in [3.05, 3.63) is 42.0 Å². The van der Waals surface area contributed by atoms with Gasteiger partial charge in [0, 0.05) is 0 Å². The standard InChI is InChI=1S/C13H12ClF2NO2/c1-8-4-6-10(7-5-8)17-11(13(14,15)16)9(2)12(18)19-3/h4-7H,2H2,1,3H3. The number of carbonyl (C=O) groups is 1. The minimum Gasteiger partial charge on any atom is -0.465 e. The van der Waals surface area contributed by atoms with E-state index in [9.17, 15) is 13.6 Å². The summed E-state index contributed by atoms with van der Waals surface area (Å²) < 4.78 is 30.9. The molecule has 0 N–H and O–H groups in total. The van der Waals surface area contributed by atoms with Gasteiger partial charge in [0.1, 0.15) is 5.71 Å². The number of rotatable bonds is 4. The summed E-state index contributed by atoms with van der Waals surface area (Å²) in [5, 5.41) is -3.81. The molecular formula is C13H12ClF2NO2. The fourth-order valence-corrected chi connectivity index (χ4v) is 1.43. The van der Waals surface area contributed by atoms with Crippen molar-refractivity contribution in [1.29, 1.82) is 0 Å². The highest BCUT2D eigenvalue weighted by Crippen LogP contribution is 2.28. The summed E-state index contributed by atoms with van der Waals surface area (Å²) in [5.74, 6) is -1.01. The molecule has 0 spiro atoms. The van der Waals surface area contributed by atoms with Crippen LogP contribution in [-0.2, 0) is 9.53 Å². The average molecular weight is 288 g/mol. The molecule has 1 aromatic carbocycles. The third-order valence-electron chi connectivity index (χ3n) is 2.26. The number of benzene rings is 1. The number of hydrogen-bond donors (Lipinski definition) is 0. The number of ether oxygens (including phenoxy) is 1. The van der Waals surface area contributed by atoms with Crippen LogP contribution in [0.5, 0.6) is 0 Å². The summed E-state index contributed by atoms with van der Waals surface area (Å²) in [6.45, 7) is 5.08. The second-order valence-corrected chi connectivity index (χ2v) is 4.24. The zero-order valence-electron chi connectivity index (χ0n) is 10.4. The van der Waals surface area contributed by atoms with Gasteiger partial charge in [-0.05, 0) is 30.7 Å². The van der Waals surface area contributed by atoms with Crippen LogP contribution in [0.3, 0.4) is 0 Å². The fraction of sp³-hybridized carbons (Fsp3) is 0.231. The molecule has 0 unspecified atom stereocenters. The number of aliphatic imine (C=N–C) groups is 1. The molecule has 3 nitrogen and oxygen atoms in total. The second-order valence-electron chi connectivity index (χ2n) is 3.76. The van der Waals surface area contributed by atoms with E-state index in [-0.39, 0.29) is 5.69 Å². The Morgan fingerprint density at radius 1 is 1.37 bits per heavy atom. The van der Waals surface area contributed by atoms with Gasteiger partial charge in [-0.1, -0.05) is 24.3 Å². The summed E-state index contributed by atoms with van der Waals surface area (Å²) in [7, 11) is 1.06. The van der Waals surface area contributed by atoms with E-state index in [0.29, 0.717) is 0 Å². The predicted molar refractivity (Wildman–Crippen MR) is 70.2 cm³/mol. The van der Waals surface area contributed by atoms with Crippen molar-refractivity contribution in [3.8, 4) is 0 Å². The Hall–Kier alpha value is -1.75. The second kappa shape index (κ2) is 5.93. The van der Waals surface area contributed by atoms with E-state index in [1.807, 2.05) is 6.92 Å². The minimum atomic E-state index is -3.81. The zero-order chi connectivity index (χ0) is 14.6. The lowest BCUT2D eigenvalue weighted by molar-refractivity contribution is -0.135. The van der Waals surface area contributed by atoms with Crippen LogP contribution >= 0.6 is 11.6 Å². The van der Waals surface area contributed by atoms with Gasteiger partial charge in [-0.25, -0.2) is 9.79 Å². The van der Waals surface area contributed by atoms with E-state index < -0.39 is 22.6 Å². The SMILES string of the molecule is C=C(C(=O)OC)C(=Nc1ccc(C)cc1)C(F)(F)Cl. The Morgan fingerprint density at radius 2 is 1.89 bits per heavy atom. The molecule has 0 saturated carbocycles. The number of esters is 1. The maximum absolute atomic E-state index is 13.3. The Labute approximate surface area is 114 Å². The first kappa shape index (κ1) is 15.3. The zero-order valence-corrected chi connectivity index (χ0v) is 11.2. The van der Waals surface area contributed by atoms with Gasteiger partial charge in [-0.2, -0.15) is 8.78 Å². The molecule has 0 radical (unpaired) electrons. The molecule has 6 heteroatoms. The fourth-order valence-electron chi connectivity index (χ4n) is 1.27. The largest absolute Gasteiger partial charge is 0.465 e. The van der Waals surface area contributed by atoms with Crippen LogP contribution in [0.15, 0.2) is 41.4 Å². The van der Waals surface area contributed by atoms with Crippen molar-refractivity contribution >= 4 is 29.0 Å². The molecule has 19 heavy (non-hydrogen) atoms. The first-order chi connectivity index (χ1) is 8.75. The number of aryl methyl sites for hydroxylation is 1. The molecule has 0 aliphatic carbocycles. The molecule has 102 valence electrons. The predicted octanol–water partition coefficient (Wildman–Crippen LogP) is 3.63. The topological polar surface area (TPSA) is 38.7 Å². The van der Waals surface area contributed by atoms with Crippen LogP contribution in [0.1, 0.15) is 5.56 Å². The van der Waals surface area contributed by atoms with Gasteiger partial charge < -0.3 is 4.74 Å². The van der Waals surface area contributed by atoms with Crippen molar-refractivity contribution in [2.24, 2.45) is 4.99 Å². The van der Waals surface area contributed by atoms with Crippen molar-refractivity contribution < 1.29 is 18.3 Å². The first-order valence-corrected chi connectivity index (χ1v) is 5.63. The van der Waals surface area contributed by atoms with Crippen molar-refractivity contribution in [1.82, 2.24) is 0 Å². The normalized spacial score (nSPS) is 12.2. The van der Waals surface area contributed by atoms with Gasteiger partial charge in [-0.15, -0.1) is 0 Å². The quantitative estimate of drug-likeness (QED) is 0.367. The smallest absolute Gasteiger partial charge is 0.365 e. The van der Waals surface area contributed by atoms with Crippen molar-refractivity contribution in [2.45, 2.75) is 12.3 Å². The Balaban J connectivity index is 3.22. The third-order valence-corrected chi connectivity index (χ3v) is 2.44. The molecule has 0 bridgehead atoms. The summed E-state index contributed by atoms with van der Waals surface area (Å²) in [4.78, 5) is 14.9. The number of halogens is 3. The lowest BCUT2D eigenvalue weighted by Gasteiger charge is -2.13. The van der Waals surface area contributed by atoms with Gasteiger partial charge in [0.05, 0.1) is 18.4 Å². The molecule has 1 rings (SSSR count). The molecule has 0 heterocycles. The van der Waals surface area contributed by atoms with E-state index in [1.54, 1.807) is 12.1 Å². The maximum Gasteiger partial charge on any atom is 0.365 e. The number of carbonyl (C=O) groups excluding carboxylic acids is 1. The van der Waals surface area contributed by atoms with Crippen LogP contribution < -0.4 is 0 Å². The number of hydrogen-bond acceptors (Lipinski definition) is 3. The Kier molecular flexibility index (Phi) is 4.78. The van der Waals surface area contributed by atoms with Crippen LogP contribution in [0.25, 0.3) is 0 Å². The van der Waals surface area contributed by atoms with E-state index in [0.717, 1.165) is 12.7 Å². The molecule has 0 aliphatic rings. The molecule has 0 aliphatic heterocycles. The Bertz CT molecular complexity index is 518. The van der Waals surface area contributed by atoms with Crippen LogP contribution in [0.4, 0.5) is 14.5 Å². The van der Waals surface area contributed by atoms with Gasteiger partial charge in [0.15, 0.2) is 0 Å². The summed E-state index contributed by atoms with van der Waals surface area (Å²) in [6, 6.07) is 6.46. The van der Waals surface area contributed by atoms with Gasteiger partial charge in [0.2, 0.25) is 0 Å².